The van der Waals surface area contributed by atoms with Crippen LogP contribution in [0.5, 0.6) is 0 Å². The van der Waals surface area contributed by atoms with Crippen molar-refractivity contribution in [2.75, 3.05) is 6.54 Å². The third-order valence-electron chi connectivity index (χ3n) is 2.11. The van der Waals surface area contributed by atoms with Gasteiger partial charge in [0.1, 0.15) is 0 Å². The second kappa shape index (κ2) is 5.86. The first-order valence-corrected chi connectivity index (χ1v) is 4.98. The average molecular weight is 204 g/mol. The minimum Gasteiger partial charge on any atom is -0.321 e. The lowest BCUT2D eigenvalue weighted by Crippen LogP contribution is -2.36. The summed E-state index contributed by atoms with van der Waals surface area (Å²) >= 11 is 0. The van der Waals surface area contributed by atoms with Gasteiger partial charge in [0, 0.05) is 13.1 Å². The van der Waals surface area contributed by atoms with Gasteiger partial charge in [0.25, 0.3) is 0 Å². The summed E-state index contributed by atoms with van der Waals surface area (Å²) in [5.41, 5.74) is 1.12. The molecule has 0 atom stereocenters. The van der Waals surface area contributed by atoms with E-state index in [4.69, 9.17) is 0 Å². The van der Waals surface area contributed by atoms with Crippen molar-refractivity contribution in [2.45, 2.75) is 13.5 Å². The summed E-state index contributed by atoms with van der Waals surface area (Å²) in [6.45, 7) is 6.71. The molecule has 0 saturated heterocycles. The van der Waals surface area contributed by atoms with Gasteiger partial charge in [-0.25, -0.2) is 4.79 Å². The average Bonchev–Trinajstić information content (AvgIpc) is 2.27. The summed E-state index contributed by atoms with van der Waals surface area (Å²) in [6, 6.07) is 9.79. The molecule has 0 radical (unpaired) electrons. The Balaban J connectivity index is 2.61. The number of urea groups is 1. The molecule has 0 fully saturated rings. The van der Waals surface area contributed by atoms with Crippen LogP contribution in [0.25, 0.3) is 0 Å². The van der Waals surface area contributed by atoms with Gasteiger partial charge >= 0.3 is 6.03 Å². The summed E-state index contributed by atoms with van der Waals surface area (Å²) in [6.07, 6.45) is 1.40. The number of carbonyl (C=O) groups is 1. The molecule has 1 rings (SSSR count). The Kier molecular flexibility index (Phi) is 4.41. The third-order valence-corrected chi connectivity index (χ3v) is 2.11. The molecular weight excluding hydrogens is 188 g/mol. The fourth-order valence-corrected chi connectivity index (χ4v) is 1.31. The lowest BCUT2D eigenvalue weighted by atomic mass is 10.2. The minimum atomic E-state index is -0.114. The van der Waals surface area contributed by atoms with Crippen molar-refractivity contribution in [1.29, 1.82) is 0 Å². The molecule has 3 nitrogen and oxygen atoms in total. The summed E-state index contributed by atoms with van der Waals surface area (Å²) in [4.78, 5) is 13.2. The van der Waals surface area contributed by atoms with Crippen LogP contribution in [0.4, 0.5) is 4.79 Å². The highest BCUT2D eigenvalue weighted by atomic mass is 16.2. The normalized spacial score (nSPS) is 9.40. The molecule has 0 aliphatic heterocycles. The van der Waals surface area contributed by atoms with E-state index in [0.29, 0.717) is 13.1 Å². The molecule has 0 aliphatic carbocycles. The van der Waals surface area contributed by atoms with Gasteiger partial charge in [0.15, 0.2) is 0 Å². The van der Waals surface area contributed by atoms with Crippen molar-refractivity contribution in [3.8, 4) is 0 Å². The van der Waals surface area contributed by atoms with Gasteiger partial charge in [-0.05, 0) is 18.7 Å². The monoisotopic (exact) mass is 204 g/mol. The molecule has 0 aromatic heterocycles. The molecule has 0 saturated carbocycles. The first kappa shape index (κ1) is 11.3. The molecule has 1 aromatic carbocycles. The number of nitrogens with one attached hydrogen (secondary N) is 1. The third kappa shape index (κ3) is 3.46. The van der Waals surface area contributed by atoms with E-state index in [0.717, 1.165) is 5.56 Å². The molecule has 80 valence electrons. The number of hydrogen-bond acceptors (Lipinski definition) is 1. The van der Waals surface area contributed by atoms with E-state index in [1.165, 1.54) is 6.20 Å². The standard InChI is InChI=1S/C12H16N2O/c1-3-13-12(15)14(4-2)10-11-8-6-5-7-9-11/h3,5-9H,1,4,10H2,2H3,(H,13,15). The van der Waals surface area contributed by atoms with Crippen molar-refractivity contribution < 1.29 is 4.79 Å². The van der Waals surface area contributed by atoms with Gasteiger partial charge < -0.3 is 10.2 Å². The molecule has 15 heavy (non-hydrogen) atoms. The van der Waals surface area contributed by atoms with Gasteiger partial charge in [-0.15, -0.1) is 0 Å². The van der Waals surface area contributed by atoms with Crippen LogP contribution in [0.1, 0.15) is 12.5 Å². The Bertz CT molecular complexity index is 322. The lowest BCUT2D eigenvalue weighted by molar-refractivity contribution is 0.202. The van der Waals surface area contributed by atoms with Crippen molar-refractivity contribution in [2.24, 2.45) is 0 Å². The van der Waals surface area contributed by atoms with Crippen molar-refractivity contribution in [3.63, 3.8) is 0 Å². The zero-order valence-electron chi connectivity index (χ0n) is 8.94. The van der Waals surface area contributed by atoms with Gasteiger partial charge in [-0.2, -0.15) is 0 Å². The van der Waals surface area contributed by atoms with Gasteiger partial charge in [0.2, 0.25) is 0 Å². The van der Waals surface area contributed by atoms with Crippen LogP contribution in [0.15, 0.2) is 43.1 Å². The highest BCUT2D eigenvalue weighted by Gasteiger charge is 2.09. The molecule has 1 N–H and O–H groups in total. The Hall–Kier alpha value is -1.77. The Labute approximate surface area is 90.4 Å². The number of amides is 2. The van der Waals surface area contributed by atoms with Crippen LogP contribution in [0, 0.1) is 0 Å². The molecule has 2 amide bonds. The maximum Gasteiger partial charge on any atom is 0.321 e. The molecule has 0 unspecified atom stereocenters. The number of hydrogen-bond donors (Lipinski definition) is 1. The molecule has 0 heterocycles. The maximum atomic E-state index is 11.5. The predicted molar refractivity (Wildman–Crippen MR) is 61.3 cm³/mol. The fraction of sp³-hybridized carbons (Fsp3) is 0.250. The van der Waals surface area contributed by atoms with Gasteiger partial charge in [0.05, 0.1) is 0 Å². The van der Waals surface area contributed by atoms with Crippen LogP contribution < -0.4 is 5.32 Å². The quantitative estimate of drug-likeness (QED) is 0.802. The highest BCUT2D eigenvalue weighted by Crippen LogP contribution is 2.04. The first-order chi connectivity index (χ1) is 7.27. The lowest BCUT2D eigenvalue weighted by Gasteiger charge is -2.20. The molecule has 3 heteroatoms. The van der Waals surface area contributed by atoms with E-state index in [2.05, 4.69) is 11.9 Å². The summed E-state index contributed by atoms with van der Waals surface area (Å²) in [5, 5.41) is 2.57. The molecule has 0 spiro atoms. The molecular formula is C12H16N2O. The predicted octanol–water partition coefficient (Wildman–Crippen LogP) is 2.36. The number of rotatable bonds is 4. The van der Waals surface area contributed by atoms with E-state index >= 15 is 0 Å². The van der Waals surface area contributed by atoms with E-state index in [1.807, 2.05) is 37.3 Å². The van der Waals surface area contributed by atoms with E-state index < -0.39 is 0 Å². The van der Waals surface area contributed by atoms with E-state index in [9.17, 15) is 4.79 Å². The Morgan fingerprint density at radius 1 is 1.47 bits per heavy atom. The first-order valence-electron chi connectivity index (χ1n) is 4.98. The Morgan fingerprint density at radius 2 is 2.13 bits per heavy atom. The summed E-state index contributed by atoms with van der Waals surface area (Å²) in [5.74, 6) is 0. The largest absolute Gasteiger partial charge is 0.321 e. The van der Waals surface area contributed by atoms with Gasteiger partial charge in [-0.1, -0.05) is 36.9 Å². The molecule has 1 aromatic rings. The number of nitrogens with zero attached hydrogens (tertiary/aromatic N) is 1. The second-order valence-electron chi connectivity index (χ2n) is 3.15. The highest BCUT2D eigenvalue weighted by molar-refractivity contribution is 5.75. The fourth-order valence-electron chi connectivity index (χ4n) is 1.31. The number of carbonyl (C=O) groups excluding carboxylic acids is 1. The van der Waals surface area contributed by atoms with Crippen LogP contribution in [-0.2, 0) is 6.54 Å². The van der Waals surface area contributed by atoms with E-state index in [-0.39, 0.29) is 6.03 Å². The summed E-state index contributed by atoms with van der Waals surface area (Å²) < 4.78 is 0. The SMILES string of the molecule is C=CNC(=O)N(CC)Cc1ccccc1. The Morgan fingerprint density at radius 3 is 2.67 bits per heavy atom. The summed E-state index contributed by atoms with van der Waals surface area (Å²) in [7, 11) is 0. The van der Waals surface area contributed by atoms with Crippen molar-refractivity contribution in [1.82, 2.24) is 10.2 Å². The minimum absolute atomic E-state index is 0.114. The van der Waals surface area contributed by atoms with Crippen LogP contribution in [-0.4, -0.2) is 17.5 Å². The second-order valence-corrected chi connectivity index (χ2v) is 3.15. The number of benzene rings is 1. The van der Waals surface area contributed by atoms with Crippen LogP contribution in [0.2, 0.25) is 0 Å². The molecule has 0 aliphatic rings. The van der Waals surface area contributed by atoms with Crippen molar-refractivity contribution >= 4 is 6.03 Å². The van der Waals surface area contributed by atoms with Crippen LogP contribution >= 0.6 is 0 Å². The zero-order chi connectivity index (χ0) is 11.1. The smallest absolute Gasteiger partial charge is 0.321 e. The van der Waals surface area contributed by atoms with Crippen LogP contribution in [0.3, 0.4) is 0 Å². The van der Waals surface area contributed by atoms with E-state index in [1.54, 1.807) is 4.90 Å². The van der Waals surface area contributed by atoms with Gasteiger partial charge in [-0.3, -0.25) is 0 Å². The molecule has 0 bridgehead atoms. The maximum absolute atomic E-state index is 11.5. The topological polar surface area (TPSA) is 32.3 Å². The zero-order valence-corrected chi connectivity index (χ0v) is 8.94. The van der Waals surface area contributed by atoms with Crippen molar-refractivity contribution in [3.05, 3.63) is 48.7 Å².